The van der Waals surface area contributed by atoms with Gasteiger partial charge in [-0.2, -0.15) is 0 Å². The van der Waals surface area contributed by atoms with Gasteiger partial charge in [-0.05, 0) is 13.8 Å². The van der Waals surface area contributed by atoms with Gasteiger partial charge >= 0.3 is 5.69 Å². The molecule has 4 atom stereocenters. The van der Waals surface area contributed by atoms with E-state index in [1.54, 1.807) is 0 Å². The maximum absolute atomic E-state index is 11.8. The van der Waals surface area contributed by atoms with Crippen molar-refractivity contribution in [1.29, 1.82) is 0 Å². The summed E-state index contributed by atoms with van der Waals surface area (Å²) in [5.74, 6) is 0. The van der Waals surface area contributed by atoms with Gasteiger partial charge in [0, 0.05) is 12.3 Å². The lowest BCUT2D eigenvalue weighted by Crippen LogP contribution is -2.54. The van der Waals surface area contributed by atoms with E-state index in [0.717, 1.165) is 10.6 Å². The third-order valence-corrected chi connectivity index (χ3v) is 4.23. The fraction of sp³-hybridized carbons (Fsp3) is 0.636. The van der Waals surface area contributed by atoms with Crippen LogP contribution in [0.15, 0.2) is 21.9 Å². The summed E-state index contributed by atoms with van der Waals surface area (Å²) in [7, 11) is 0. The fourth-order valence-electron chi connectivity index (χ4n) is 2.28. The van der Waals surface area contributed by atoms with Gasteiger partial charge in [0.15, 0.2) is 5.72 Å². The lowest BCUT2D eigenvalue weighted by Gasteiger charge is -2.36. The quantitative estimate of drug-likeness (QED) is 0.604. The topological polar surface area (TPSA) is 105 Å². The van der Waals surface area contributed by atoms with Crippen molar-refractivity contribution in [2.75, 3.05) is 6.61 Å². The number of rotatable bonds is 2. The molecule has 3 N–H and O–H groups in total. The van der Waals surface area contributed by atoms with Crippen LogP contribution in [0.1, 0.15) is 13.8 Å². The number of aromatic amines is 1. The van der Waals surface area contributed by atoms with Crippen LogP contribution in [0.4, 0.5) is 0 Å². The summed E-state index contributed by atoms with van der Waals surface area (Å²) >= 11 is 6.31. The van der Waals surface area contributed by atoms with E-state index in [2.05, 4.69) is 4.98 Å². The number of aromatic nitrogens is 2. The van der Waals surface area contributed by atoms with Crippen LogP contribution in [0.3, 0.4) is 0 Å². The lowest BCUT2D eigenvalue weighted by molar-refractivity contribution is -0.114. The Morgan fingerprint density at radius 2 is 2.16 bits per heavy atom. The van der Waals surface area contributed by atoms with Crippen LogP contribution >= 0.6 is 11.6 Å². The number of hydrogen-bond donors (Lipinski definition) is 3. The summed E-state index contributed by atoms with van der Waals surface area (Å²) in [5.41, 5.74) is -2.64. The van der Waals surface area contributed by atoms with Gasteiger partial charge in [-0.25, -0.2) is 4.79 Å². The Balaban J connectivity index is 2.59. The highest BCUT2D eigenvalue weighted by molar-refractivity contribution is 6.25. The molecule has 19 heavy (non-hydrogen) atoms. The first-order valence-electron chi connectivity index (χ1n) is 5.72. The predicted molar refractivity (Wildman–Crippen MR) is 67.2 cm³/mol. The molecule has 1 aliphatic heterocycles. The van der Waals surface area contributed by atoms with Crippen LogP contribution in [0.2, 0.25) is 0 Å². The molecule has 1 aliphatic rings. The van der Waals surface area contributed by atoms with Crippen molar-refractivity contribution < 1.29 is 14.9 Å². The maximum atomic E-state index is 11.8. The van der Waals surface area contributed by atoms with Gasteiger partial charge < -0.3 is 14.9 Å². The number of aliphatic hydroxyl groups is 2. The highest BCUT2D eigenvalue weighted by atomic mass is 35.5. The van der Waals surface area contributed by atoms with Crippen LogP contribution in [0.25, 0.3) is 0 Å². The monoisotopic (exact) mass is 290 g/mol. The number of alkyl halides is 1. The minimum absolute atomic E-state index is 0.433. The zero-order valence-corrected chi connectivity index (χ0v) is 11.2. The van der Waals surface area contributed by atoms with E-state index in [0.29, 0.717) is 0 Å². The van der Waals surface area contributed by atoms with Crippen LogP contribution in [0, 0.1) is 0 Å². The molecule has 2 heterocycles. The summed E-state index contributed by atoms with van der Waals surface area (Å²) in [4.78, 5) is 23.7. The Kier molecular flexibility index (Phi) is 3.34. The van der Waals surface area contributed by atoms with Crippen molar-refractivity contribution in [3.05, 3.63) is 33.1 Å². The van der Waals surface area contributed by atoms with E-state index in [4.69, 9.17) is 16.3 Å². The van der Waals surface area contributed by atoms with Crippen molar-refractivity contribution >= 4 is 11.6 Å². The molecule has 1 saturated heterocycles. The molecule has 0 radical (unpaired) electrons. The molecule has 8 heteroatoms. The molecule has 0 aromatic carbocycles. The van der Waals surface area contributed by atoms with Crippen LogP contribution in [-0.2, 0) is 10.5 Å². The number of H-pyrrole nitrogens is 1. The minimum Gasteiger partial charge on any atom is -0.394 e. The molecular weight excluding hydrogens is 276 g/mol. The van der Waals surface area contributed by atoms with Gasteiger partial charge in [-0.3, -0.25) is 14.3 Å². The first-order chi connectivity index (χ1) is 8.74. The molecule has 1 fully saturated rings. The molecular formula is C11H15ClN2O5. The maximum Gasteiger partial charge on any atom is 0.330 e. The number of ether oxygens (including phenoxy) is 1. The van der Waals surface area contributed by atoms with E-state index in [-0.39, 0.29) is 0 Å². The molecule has 1 aromatic heterocycles. The smallest absolute Gasteiger partial charge is 0.330 e. The summed E-state index contributed by atoms with van der Waals surface area (Å²) in [6.07, 6.45) is -0.830. The Labute approximate surface area is 113 Å². The van der Waals surface area contributed by atoms with Gasteiger partial charge in [-0.1, -0.05) is 0 Å². The van der Waals surface area contributed by atoms with Gasteiger partial charge in [0.2, 0.25) is 0 Å². The Hall–Kier alpha value is -1.15. The van der Waals surface area contributed by atoms with Gasteiger partial charge in [0.05, 0.1) is 6.61 Å². The highest BCUT2D eigenvalue weighted by Crippen LogP contribution is 2.46. The second-order valence-corrected chi connectivity index (χ2v) is 5.61. The zero-order valence-electron chi connectivity index (χ0n) is 10.5. The van der Waals surface area contributed by atoms with Crippen molar-refractivity contribution in [2.24, 2.45) is 0 Å². The SMILES string of the molecule is C[C@@]1(n2ccc(=O)[nH]c2=O)O[C@H](CO)[C@@H](O)[C@@]1(C)Cl. The standard InChI is InChI=1S/C11H15ClN2O5/c1-10(12)8(17)6(5-15)19-11(10,2)14-4-3-7(16)13-9(14)18/h3-4,6,8,15,17H,5H2,1-2H3,(H,13,16,18)/t6-,8-,10-,11-/m1/s1. The summed E-state index contributed by atoms with van der Waals surface area (Å²) in [6, 6.07) is 1.15. The number of halogens is 1. The average Bonchev–Trinajstić information content (AvgIpc) is 2.50. The van der Waals surface area contributed by atoms with E-state index < -0.39 is 40.7 Å². The zero-order chi connectivity index (χ0) is 14.4. The van der Waals surface area contributed by atoms with E-state index in [1.807, 2.05) is 0 Å². The third kappa shape index (κ3) is 1.93. The molecule has 0 saturated carbocycles. The largest absolute Gasteiger partial charge is 0.394 e. The van der Waals surface area contributed by atoms with Crippen LogP contribution < -0.4 is 11.2 Å². The van der Waals surface area contributed by atoms with Crippen molar-refractivity contribution in [3.8, 4) is 0 Å². The van der Waals surface area contributed by atoms with E-state index in [1.165, 1.54) is 20.0 Å². The van der Waals surface area contributed by atoms with Crippen LogP contribution in [-0.4, -0.2) is 43.5 Å². The molecule has 0 spiro atoms. The Morgan fingerprint density at radius 1 is 1.53 bits per heavy atom. The molecule has 7 nitrogen and oxygen atoms in total. The second-order valence-electron chi connectivity index (χ2n) is 4.82. The number of nitrogens with one attached hydrogen (secondary N) is 1. The van der Waals surface area contributed by atoms with Crippen LogP contribution in [0.5, 0.6) is 0 Å². The number of nitrogens with zero attached hydrogens (tertiary/aromatic N) is 1. The molecule has 0 amide bonds. The first kappa shape index (κ1) is 14.3. The van der Waals surface area contributed by atoms with Gasteiger partial charge in [-0.15, -0.1) is 11.6 Å². The predicted octanol–water partition coefficient (Wildman–Crippen LogP) is -1.04. The average molecular weight is 291 g/mol. The van der Waals surface area contributed by atoms with E-state index in [9.17, 15) is 19.8 Å². The van der Waals surface area contributed by atoms with Gasteiger partial charge in [0.25, 0.3) is 5.56 Å². The Bertz CT molecular complexity index is 595. The normalized spacial score (nSPS) is 38.6. The van der Waals surface area contributed by atoms with Crippen molar-refractivity contribution in [1.82, 2.24) is 9.55 Å². The highest BCUT2D eigenvalue weighted by Gasteiger charge is 2.61. The van der Waals surface area contributed by atoms with Crippen molar-refractivity contribution in [3.63, 3.8) is 0 Å². The molecule has 1 aromatic rings. The summed E-state index contributed by atoms with van der Waals surface area (Å²) in [6.45, 7) is 2.59. The summed E-state index contributed by atoms with van der Waals surface area (Å²) in [5, 5.41) is 19.2. The van der Waals surface area contributed by atoms with Gasteiger partial charge in [0.1, 0.15) is 17.1 Å². The van der Waals surface area contributed by atoms with E-state index >= 15 is 0 Å². The summed E-state index contributed by atoms with van der Waals surface area (Å²) < 4.78 is 6.64. The Morgan fingerprint density at radius 3 is 2.63 bits per heavy atom. The lowest BCUT2D eigenvalue weighted by atomic mass is 9.93. The third-order valence-electron chi connectivity index (χ3n) is 3.66. The second kappa shape index (κ2) is 4.45. The fourth-order valence-corrected chi connectivity index (χ4v) is 2.56. The molecule has 0 bridgehead atoms. The first-order valence-corrected chi connectivity index (χ1v) is 6.10. The molecule has 0 unspecified atom stereocenters. The molecule has 106 valence electrons. The van der Waals surface area contributed by atoms with Crippen molar-refractivity contribution in [2.45, 2.75) is 36.7 Å². The number of hydrogen-bond acceptors (Lipinski definition) is 5. The minimum atomic E-state index is -1.40. The number of aliphatic hydroxyl groups excluding tert-OH is 2. The molecule has 2 rings (SSSR count). The molecule has 0 aliphatic carbocycles.